The first kappa shape index (κ1) is 24.7. The number of benzene rings is 2. The van der Waals surface area contributed by atoms with E-state index in [4.69, 9.17) is 29.6 Å². The summed E-state index contributed by atoms with van der Waals surface area (Å²) in [6.07, 6.45) is 1.82. The number of hydrogen-bond acceptors (Lipinski definition) is 9. The van der Waals surface area contributed by atoms with Crippen molar-refractivity contribution in [3.63, 3.8) is 0 Å². The molecule has 37 heavy (non-hydrogen) atoms. The normalized spacial score (nSPS) is 13.5. The molecule has 0 atom stereocenters. The molecule has 10 nitrogen and oxygen atoms in total. The van der Waals surface area contributed by atoms with Gasteiger partial charge in [-0.15, -0.1) is 0 Å². The molecule has 1 fully saturated rings. The lowest BCUT2D eigenvalue weighted by molar-refractivity contribution is 0.391. The molecule has 0 amide bonds. The number of rotatable bonds is 5. The maximum atomic E-state index is 6.14. The third kappa shape index (κ3) is 5.73. The average molecular weight is 535 g/mol. The SMILES string of the molecule is CN(C)c1ccc(Nc2nc(N)nc(NC(=S)N3CCN(c4ccnc5cc(Cl)ccc45)CC3)n2)cc1. The van der Waals surface area contributed by atoms with Crippen LogP contribution in [0.2, 0.25) is 5.02 Å². The summed E-state index contributed by atoms with van der Waals surface area (Å²) in [6, 6.07) is 15.8. The second kappa shape index (κ2) is 10.6. The summed E-state index contributed by atoms with van der Waals surface area (Å²) in [7, 11) is 3.99. The number of nitrogens with zero attached hydrogens (tertiary/aromatic N) is 7. The Morgan fingerprint density at radius 1 is 0.973 bits per heavy atom. The molecule has 2 aromatic heterocycles. The zero-order valence-electron chi connectivity index (χ0n) is 20.5. The predicted molar refractivity (Wildman–Crippen MR) is 155 cm³/mol. The molecule has 0 aliphatic carbocycles. The van der Waals surface area contributed by atoms with Crippen LogP contribution in [0.4, 0.5) is 34.9 Å². The van der Waals surface area contributed by atoms with Gasteiger partial charge in [0.2, 0.25) is 17.8 Å². The van der Waals surface area contributed by atoms with Gasteiger partial charge in [-0.05, 0) is 60.7 Å². The summed E-state index contributed by atoms with van der Waals surface area (Å²) in [4.78, 5) is 23.8. The Morgan fingerprint density at radius 3 is 2.43 bits per heavy atom. The molecule has 3 heterocycles. The van der Waals surface area contributed by atoms with Crippen molar-refractivity contribution in [1.82, 2.24) is 24.8 Å². The van der Waals surface area contributed by atoms with Gasteiger partial charge < -0.3 is 31.1 Å². The van der Waals surface area contributed by atoms with Gasteiger partial charge >= 0.3 is 0 Å². The standard InChI is InChI=1S/C25H27ClN10S/c1-34(2)18-6-4-17(5-7-18)29-23-30-22(27)31-24(32-23)33-25(37)36-13-11-35(12-14-36)21-9-10-28-20-15-16(26)3-8-19(20)21/h3-10,15H,11-14H2,1-2H3,(H4,27,29,30,31,32,33,37). The molecule has 2 aromatic carbocycles. The van der Waals surface area contributed by atoms with Gasteiger partial charge in [-0.1, -0.05) is 11.6 Å². The number of hydrogen-bond donors (Lipinski definition) is 3. The summed E-state index contributed by atoms with van der Waals surface area (Å²) >= 11 is 11.8. The Balaban J connectivity index is 1.22. The zero-order chi connectivity index (χ0) is 25.9. The molecule has 0 radical (unpaired) electrons. The number of anilines is 6. The number of nitrogens with one attached hydrogen (secondary N) is 2. The topological polar surface area (TPSA) is 111 Å². The summed E-state index contributed by atoms with van der Waals surface area (Å²) in [5.41, 5.74) is 9.90. The first-order valence-corrected chi connectivity index (χ1v) is 12.6. The number of nitrogens with two attached hydrogens (primary N) is 1. The largest absolute Gasteiger partial charge is 0.378 e. The Labute approximate surface area is 225 Å². The highest BCUT2D eigenvalue weighted by Crippen LogP contribution is 2.28. The van der Waals surface area contributed by atoms with Crippen molar-refractivity contribution in [1.29, 1.82) is 0 Å². The Morgan fingerprint density at radius 2 is 1.70 bits per heavy atom. The number of thiocarbonyl (C=S) groups is 1. The van der Waals surface area contributed by atoms with Crippen molar-refractivity contribution in [3.8, 4) is 0 Å². The van der Waals surface area contributed by atoms with E-state index < -0.39 is 0 Å². The van der Waals surface area contributed by atoms with Crippen LogP contribution in [0.3, 0.4) is 0 Å². The molecule has 0 unspecified atom stereocenters. The van der Waals surface area contributed by atoms with E-state index in [0.717, 1.165) is 54.1 Å². The van der Waals surface area contributed by atoms with Crippen molar-refractivity contribution >= 4 is 74.7 Å². The molecular formula is C25H27ClN10S. The van der Waals surface area contributed by atoms with E-state index >= 15 is 0 Å². The Hall–Kier alpha value is -3.96. The minimum atomic E-state index is 0.0993. The molecular weight excluding hydrogens is 508 g/mol. The van der Waals surface area contributed by atoms with Crippen molar-refractivity contribution in [2.24, 2.45) is 0 Å². The minimum absolute atomic E-state index is 0.0993. The highest BCUT2D eigenvalue weighted by Gasteiger charge is 2.21. The molecule has 12 heteroatoms. The maximum absolute atomic E-state index is 6.14. The molecule has 0 spiro atoms. The van der Waals surface area contributed by atoms with Crippen LogP contribution < -0.4 is 26.2 Å². The van der Waals surface area contributed by atoms with Crippen LogP contribution in [-0.2, 0) is 0 Å². The summed E-state index contributed by atoms with van der Waals surface area (Å²) < 4.78 is 0. The average Bonchev–Trinajstić information content (AvgIpc) is 2.88. The van der Waals surface area contributed by atoms with Gasteiger partial charge in [-0.3, -0.25) is 4.98 Å². The second-order valence-electron chi connectivity index (χ2n) is 8.80. The van der Waals surface area contributed by atoms with Gasteiger partial charge in [0.05, 0.1) is 5.52 Å². The van der Waals surface area contributed by atoms with Crippen LogP contribution in [0.15, 0.2) is 54.7 Å². The van der Waals surface area contributed by atoms with Gasteiger partial charge in [-0.25, -0.2) is 0 Å². The van der Waals surface area contributed by atoms with Crippen LogP contribution in [0.1, 0.15) is 0 Å². The maximum Gasteiger partial charge on any atom is 0.235 e. The molecule has 1 aliphatic heterocycles. The summed E-state index contributed by atoms with van der Waals surface area (Å²) in [5.74, 6) is 0.733. The third-order valence-electron chi connectivity index (χ3n) is 6.10. The minimum Gasteiger partial charge on any atom is -0.378 e. The van der Waals surface area contributed by atoms with Crippen LogP contribution in [0.5, 0.6) is 0 Å². The van der Waals surface area contributed by atoms with E-state index in [9.17, 15) is 0 Å². The van der Waals surface area contributed by atoms with E-state index in [1.165, 1.54) is 0 Å². The lowest BCUT2D eigenvalue weighted by atomic mass is 10.1. The van der Waals surface area contributed by atoms with E-state index in [1.807, 2.05) is 73.7 Å². The van der Waals surface area contributed by atoms with Crippen molar-refractivity contribution < 1.29 is 0 Å². The van der Waals surface area contributed by atoms with Crippen molar-refractivity contribution in [2.45, 2.75) is 0 Å². The van der Waals surface area contributed by atoms with Gasteiger partial charge in [0, 0.05) is 73.9 Å². The van der Waals surface area contributed by atoms with E-state index in [0.29, 0.717) is 22.0 Å². The van der Waals surface area contributed by atoms with Crippen LogP contribution in [-0.4, -0.2) is 70.2 Å². The number of aromatic nitrogens is 4. The molecule has 1 saturated heterocycles. The molecule has 4 N–H and O–H groups in total. The van der Waals surface area contributed by atoms with Crippen LogP contribution in [0.25, 0.3) is 10.9 Å². The van der Waals surface area contributed by atoms with E-state index in [-0.39, 0.29) is 5.95 Å². The smallest absolute Gasteiger partial charge is 0.235 e. The van der Waals surface area contributed by atoms with E-state index in [2.05, 4.69) is 40.4 Å². The fourth-order valence-electron chi connectivity index (χ4n) is 4.18. The second-order valence-corrected chi connectivity index (χ2v) is 9.63. The lowest BCUT2D eigenvalue weighted by Crippen LogP contribution is -2.50. The molecule has 4 aromatic rings. The van der Waals surface area contributed by atoms with Gasteiger partial charge in [0.25, 0.3) is 0 Å². The molecule has 0 bridgehead atoms. The highest BCUT2D eigenvalue weighted by molar-refractivity contribution is 7.80. The van der Waals surface area contributed by atoms with E-state index in [1.54, 1.807) is 0 Å². The fraction of sp³-hybridized carbons (Fsp3) is 0.240. The van der Waals surface area contributed by atoms with Gasteiger partial charge in [-0.2, -0.15) is 15.0 Å². The van der Waals surface area contributed by atoms with Crippen LogP contribution >= 0.6 is 23.8 Å². The molecule has 1 aliphatic rings. The Kier molecular flexibility index (Phi) is 7.06. The monoisotopic (exact) mass is 534 g/mol. The molecule has 5 rings (SSSR count). The first-order valence-electron chi connectivity index (χ1n) is 11.8. The van der Waals surface area contributed by atoms with Gasteiger partial charge in [0.15, 0.2) is 5.11 Å². The highest BCUT2D eigenvalue weighted by atomic mass is 35.5. The number of fused-ring (bicyclic) bond motifs is 1. The fourth-order valence-corrected chi connectivity index (χ4v) is 4.62. The molecule has 190 valence electrons. The lowest BCUT2D eigenvalue weighted by Gasteiger charge is -2.37. The first-order chi connectivity index (χ1) is 17.9. The Bertz CT molecular complexity index is 1420. The summed E-state index contributed by atoms with van der Waals surface area (Å²) in [6.45, 7) is 3.09. The van der Waals surface area contributed by atoms with Gasteiger partial charge in [0.1, 0.15) is 0 Å². The predicted octanol–water partition coefficient (Wildman–Crippen LogP) is 3.98. The van der Waals surface area contributed by atoms with Crippen LogP contribution in [0, 0.1) is 0 Å². The summed E-state index contributed by atoms with van der Waals surface area (Å²) in [5, 5.41) is 8.59. The number of nitrogen functional groups attached to an aromatic ring is 1. The number of halogens is 1. The van der Waals surface area contributed by atoms with Crippen molar-refractivity contribution in [3.05, 3.63) is 59.8 Å². The zero-order valence-corrected chi connectivity index (χ0v) is 22.1. The van der Waals surface area contributed by atoms with Crippen molar-refractivity contribution in [2.75, 3.05) is 66.4 Å². The third-order valence-corrected chi connectivity index (χ3v) is 6.70. The number of pyridine rings is 1. The molecule has 0 saturated carbocycles. The number of piperazine rings is 1. The quantitative estimate of drug-likeness (QED) is 0.323.